The summed E-state index contributed by atoms with van der Waals surface area (Å²) in [6, 6.07) is 19.5. The van der Waals surface area contributed by atoms with E-state index in [0.717, 1.165) is 5.39 Å². The molecule has 6 heteroatoms. The Bertz CT molecular complexity index is 1190. The summed E-state index contributed by atoms with van der Waals surface area (Å²) in [5, 5.41) is 39.0. The fourth-order valence-electron chi connectivity index (χ4n) is 2.98. The van der Waals surface area contributed by atoms with Crippen molar-refractivity contribution in [2.75, 3.05) is 0 Å². The number of aromatic hydroxyl groups is 2. The summed E-state index contributed by atoms with van der Waals surface area (Å²) in [7, 11) is 0. The zero-order valence-corrected chi connectivity index (χ0v) is 14.5. The van der Waals surface area contributed by atoms with Gasteiger partial charge in [-0.25, -0.2) is 9.59 Å². The summed E-state index contributed by atoms with van der Waals surface area (Å²) in [6.07, 6.45) is 0. The van der Waals surface area contributed by atoms with Crippen LogP contribution in [0.4, 0.5) is 0 Å². The van der Waals surface area contributed by atoms with Crippen LogP contribution in [-0.2, 0) is 0 Å². The molecule has 140 valence electrons. The van der Waals surface area contributed by atoms with Crippen molar-refractivity contribution in [1.29, 1.82) is 0 Å². The van der Waals surface area contributed by atoms with Crippen LogP contribution in [0.2, 0.25) is 0 Å². The van der Waals surface area contributed by atoms with Crippen LogP contribution in [0.1, 0.15) is 20.7 Å². The first-order chi connectivity index (χ1) is 13.4. The number of aromatic carboxylic acids is 2. The summed E-state index contributed by atoms with van der Waals surface area (Å²) < 4.78 is 0. The minimum Gasteiger partial charge on any atom is -0.507 e. The van der Waals surface area contributed by atoms with Crippen molar-refractivity contribution in [3.8, 4) is 11.5 Å². The average molecular weight is 376 g/mol. The van der Waals surface area contributed by atoms with Gasteiger partial charge in [0.1, 0.15) is 11.5 Å². The molecule has 0 aromatic heterocycles. The molecule has 0 atom stereocenters. The molecule has 0 spiro atoms. The van der Waals surface area contributed by atoms with E-state index in [0.29, 0.717) is 16.2 Å². The number of hydrogen-bond acceptors (Lipinski definition) is 4. The molecule has 28 heavy (non-hydrogen) atoms. The first-order valence-corrected chi connectivity index (χ1v) is 8.28. The van der Waals surface area contributed by atoms with Crippen LogP contribution in [0.5, 0.6) is 11.5 Å². The van der Waals surface area contributed by atoms with E-state index < -0.39 is 11.9 Å². The summed E-state index contributed by atoms with van der Waals surface area (Å²) in [4.78, 5) is 21.7. The highest BCUT2D eigenvalue weighted by Gasteiger charge is 2.10. The third kappa shape index (κ3) is 3.57. The van der Waals surface area contributed by atoms with Crippen LogP contribution >= 0.6 is 0 Å². The van der Waals surface area contributed by atoms with E-state index in [1.165, 1.54) is 24.3 Å². The van der Waals surface area contributed by atoms with Crippen LogP contribution in [-0.4, -0.2) is 32.4 Å². The largest absolute Gasteiger partial charge is 0.507 e. The summed E-state index contributed by atoms with van der Waals surface area (Å²) >= 11 is 0. The van der Waals surface area contributed by atoms with Gasteiger partial charge >= 0.3 is 11.9 Å². The smallest absolute Gasteiger partial charge is 0.336 e. The molecule has 0 radical (unpaired) electrons. The number of fused-ring (bicyclic) bond motifs is 2. The van der Waals surface area contributed by atoms with Crippen molar-refractivity contribution < 1.29 is 30.0 Å². The van der Waals surface area contributed by atoms with Gasteiger partial charge in [-0.3, -0.25) is 0 Å². The maximum atomic E-state index is 10.9. The van der Waals surface area contributed by atoms with Crippen LogP contribution in [0, 0.1) is 0 Å². The minimum absolute atomic E-state index is 0.000463. The maximum absolute atomic E-state index is 10.9. The Balaban J connectivity index is 0.000000161. The van der Waals surface area contributed by atoms with E-state index in [1.54, 1.807) is 48.5 Å². The number of carboxylic acids is 2. The van der Waals surface area contributed by atoms with Crippen molar-refractivity contribution in [3.63, 3.8) is 0 Å². The lowest BCUT2D eigenvalue weighted by Crippen LogP contribution is -1.96. The monoisotopic (exact) mass is 376 g/mol. The van der Waals surface area contributed by atoms with E-state index >= 15 is 0 Å². The van der Waals surface area contributed by atoms with Gasteiger partial charge in [-0.1, -0.05) is 48.5 Å². The second kappa shape index (κ2) is 7.67. The predicted octanol–water partition coefficient (Wildman–Crippen LogP) is 4.49. The lowest BCUT2D eigenvalue weighted by atomic mass is 10.0. The molecule has 0 amide bonds. The standard InChI is InChI=1S/2C11H8O3/c12-10-6-2-3-7-8(10)4-1-5-9(7)11(13)14;12-9-6-2-4-7-3-1-5-8(10(7)9)11(13)14/h2*1-6,12H,(H,13,14). The van der Waals surface area contributed by atoms with Gasteiger partial charge in [-0.15, -0.1) is 0 Å². The Hall–Kier alpha value is -4.06. The minimum atomic E-state index is -1.03. The molecule has 0 aliphatic heterocycles. The average Bonchev–Trinajstić information content (AvgIpc) is 2.68. The van der Waals surface area contributed by atoms with Crippen LogP contribution in [0.15, 0.2) is 72.8 Å². The number of phenolic OH excluding ortho intramolecular Hbond substituents is 2. The molecule has 0 aliphatic carbocycles. The van der Waals surface area contributed by atoms with Gasteiger partial charge in [0.25, 0.3) is 0 Å². The van der Waals surface area contributed by atoms with E-state index in [1.807, 2.05) is 0 Å². The second-order valence-electron chi connectivity index (χ2n) is 5.97. The number of carbonyl (C=O) groups is 2. The summed E-state index contributed by atoms with van der Waals surface area (Å²) in [5.41, 5.74) is 0.332. The SMILES string of the molecule is O=C(O)c1cccc2c(O)cccc12.O=C(O)c1cccc2cccc(O)c12. The van der Waals surface area contributed by atoms with Crippen molar-refractivity contribution in [1.82, 2.24) is 0 Å². The van der Waals surface area contributed by atoms with Gasteiger partial charge in [-0.2, -0.15) is 0 Å². The van der Waals surface area contributed by atoms with Gasteiger partial charge < -0.3 is 20.4 Å². The van der Waals surface area contributed by atoms with E-state index in [2.05, 4.69) is 0 Å². The van der Waals surface area contributed by atoms with Gasteiger partial charge in [0, 0.05) is 10.8 Å². The van der Waals surface area contributed by atoms with Gasteiger partial charge in [-0.05, 0) is 35.0 Å². The maximum Gasteiger partial charge on any atom is 0.336 e. The molecule has 4 aromatic rings. The van der Waals surface area contributed by atoms with Crippen molar-refractivity contribution in [3.05, 3.63) is 83.9 Å². The molecule has 0 fully saturated rings. The van der Waals surface area contributed by atoms with Gasteiger partial charge in [0.2, 0.25) is 0 Å². The molecule has 0 heterocycles. The summed E-state index contributed by atoms with van der Waals surface area (Å²) in [5.74, 6) is -1.91. The number of benzene rings is 4. The Morgan fingerprint density at radius 1 is 0.571 bits per heavy atom. The molecule has 4 rings (SSSR count). The Kier molecular flexibility index (Phi) is 5.13. The second-order valence-corrected chi connectivity index (χ2v) is 5.97. The van der Waals surface area contributed by atoms with Crippen LogP contribution in [0.3, 0.4) is 0 Å². The third-order valence-electron chi connectivity index (χ3n) is 4.24. The number of hydrogen-bond donors (Lipinski definition) is 4. The van der Waals surface area contributed by atoms with Gasteiger partial charge in [0.05, 0.1) is 11.1 Å². The molecule has 6 nitrogen and oxygen atoms in total. The van der Waals surface area contributed by atoms with Crippen molar-refractivity contribution >= 4 is 33.5 Å². The lowest BCUT2D eigenvalue weighted by Gasteiger charge is -2.03. The Morgan fingerprint density at radius 2 is 1.07 bits per heavy atom. The zero-order valence-electron chi connectivity index (χ0n) is 14.5. The highest BCUT2D eigenvalue weighted by atomic mass is 16.4. The van der Waals surface area contributed by atoms with Crippen LogP contribution in [0.25, 0.3) is 21.5 Å². The fourth-order valence-corrected chi connectivity index (χ4v) is 2.98. The van der Waals surface area contributed by atoms with Gasteiger partial charge in [0.15, 0.2) is 0 Å². The molecular weight excluding hydrogens is 360 g/mol. The quantitative estimate of drug-likeness (QED) is 0.410. The number of carboxylic acid groups (broad SMARTS) is 2. The number of phenols is 2. The normalized spacial score (nSPS) is 10.3. The molecular formula is C22H16O6. The molecule has 4 aromatic carbocycles. The van der Waals surface area contributed by atoms with E-state index in [4.69, 9.17) is 10.2 Å². The molecule has 0 aliphatic rings. The fraction of sp³-hybridized carbons (Fsp3) is 0. The molecule has 4 N–H and O–H groups in total. The van der Waals surface area contributed by atoms with Crippen molar-refractivity contribution in [2.45, 2.75) is 0 Å². The predicted molar refractivity (Wildman–Crippen MR) is 105 cm³/mol. The summed E-state index contributed by atoms with van der Waals surface area (Å²) in [6.45, 7) is 0. The molecule has 0 saturated heterocycles. The van der Waals surface area contributed by atoms with Crippen molar-refractivity contribution in [2.24, 2.45) is 0 Å². The molecule has 0 bridgehead atoms. The third-order valence-corrected chi connectivity index (χ3v) is 4.24. The zero-order chi connectivity index (χ0) is 20.3. The first-order valence-electron chi connectivity index (χ1n) is 8.28. The molecule has 0 saturated carbocycles. The number of rotatable bonds is 2. The topological polar surface area (TPSA) is 115 Å². The first kappa shape index (κ1) is 18.7. The molecule has 0 unspecified atom stereocenters. The van der Waals surface area contributed by atoms with E-state index in [9.17, 15) is 19.8 Å². The van der Waals surface area contributed by atoms with E-state index in [-0.39, 0.29) is 22.6 Å². The highest BCUT2D eigenvalue weighted by molar-refractivity contribution is 6.06. The lowest BCUT2D eigenvalue weighted by molar-refractivity contribution is 0.0688. The Morgan fingerprint density at radius 3 is 1.75 bits per heavy atom. The highest BCUT2D eigenvalue weighted by Crippen LogP contribution is 2.28. The van der Waals surface area contributed by atoms with Crippen LogP contribution < -0.4 is 0 Å². The Labute approximate surface area is 159 Å².